The van der Waals surface area contributed by atoms with Gasteiger partial charge in [-0.3, -0.25) is 5.01 Å². The molecule has 0 bridgehead atoms. The van der Waals surface area contributed by atoms with E-state index in [2.05, 4.69) is 43.4 Å². The predicted molar refractivity (Wildman–Crippen MR) is 63.7 cm³/mol. The molecule has 1 fully saturated rings. The van der Waals surface area contributed by atoms with E-state index >= 15 is 0 Å². The van der Waals surface area contributed by atoms with Crippen molar-refractivity contribution in [1.82, 2.24) is 15.8 Å². The molecule has 0 unspecified atom stereocenters. The highest BCUT2D eigenvalue weighted by Crippen LogP contribution is 2.14. The normalized spacial score (nSPS) is 27.2. The Morgan fingerprint density at radius 1 is 1.50 bits per heavy atom. The Morgan fingerprint density at radius 2 is 2.14 bits per heavy atom. The molecule has 3 nitrogen and oxygen atoms in total. The second-order valence-corrected chi connectivity index (χ2v) is 4.95. The molecule has 1 heterocycles. The number of rotatable bonds is 4. The Balaban J connectivity index is 2.45. The molecule has 82 valence electrons. The molecule has 0 aromatic carbocycles. The Kier molecular flexibility index (Phi) is 3.72. The van der Waals surface area contributed by atoms with Crippen molar-refractivity contribution in [3.8, 4) is 0 Å². The number of nitrogens with one attached hydrogen (secondary N) is 2. The van der Waals surface area contributed by atoms with Gasteiger partial charge < -0.3 is 5.32 Å². The van der Waals surface area contributed by atoms with Crippen LogP contribution in [0.4, 0.5) is 0 Å². The minimum Gasteiger partial charge on any atom is -0.342 e. The van der Waals surface area contributed by atoms with Gasteiger partial charge in [-0.25, -0.2) is 5.43 Å². The van der Waals surface area contributed by atoms with Crippen LogP contribution in [-0.2, 0) is 0 Å². The summed E-state index contributed by atoms with van der Waals surface area (Å²) in [5, 5.41) is 6.18. The summed E-state index contributed by atoms with van der Waals surface area (Å²) in [7, 11) is 0. The fraction of sp³-hybridized carbons (Fsp3) is 0.900. The Morgan fingerprint density at radius 3 is 2.57 bits per heavy atom. The predicted octanol–water partition coefficient (Wildman–Crippen LogP) is 1.85. The van der Waals surface area contributed by atoms with E-state index < -0.39 is 0 Å². The lowest BCUT2D eigenvalue weighted by atomic mass is 10.1. The molecule has 1 atom stereocenters. The van der Waals surface area contributed by atoms with E-state index in [0.29, 0.717) is 5.92 Å². The second kappa shape index (κ2) is 4.45. The Hall–Kier alpha value is -0.350. The maximum absolute atomic E-state index is 5.26. The quantitative estimate of drug-likeness (QED) is 0.700. The first-order valence-corrected chi connectivity index (χ1v) is 5.75. The monoisotopic (exact) mass is 215 g/mol. The van der Waals surface area contributed by atoms with Crippen LogP contribution >= 0.6 is 12.2 Å². The number of thiocarbonyl (C=S) groups is 1. The topological polar surface area (TPSA) is 27.3 Å². The van der Waals surface area contributed by atoms with Gasteiger partial charge in [0.1, 0.15) is 5.66 Å². The van der Waals surface area contributed by atoms with E-state index in [1.165, 1.54) is 0 Å². The highest BCUT2D eigenvalue weighted by atomic mass is 32.1. The number of hydrogen-bond acceptors (Lipinski definition) is 2. The summed E-state index contributed by atoms with van der Waals surface area (Å²) in [6.07, 6.45) is 2.18. The van der Waals surface area contributed by atoms with Crippen LogP contribution in [0.2, 0.25) is 0 Å². The van der Waals surface area contributed by atoms with Crippen molar-refractivity contribution < 1.29 is 0 Å². The van der Waals surface area contributed by atoms with Crippen molar-refractivity contribution in [2.45, 2.75) is 46.2 Å². The molecule has 0 aromatic heterocycles. The molecule has 0 radical (unpaired) electrons. The molecule has 0 aliphatic carbocycles. The lowest BCUT2D eigenvalue weighted by Crippen LogP contribution is -2.48. The molecule has 14 heavy (non-hydrogen) atoms. The fourth-order valence-electron chi connectivity index (χ4n) is 1.39. The van der Waals surface area contributed by atoms with Gasteiger partial charge in [-0.2, -0.15) is 0 Å². The highest BCUT2D eigenvalue weighted by molar-refractivity contribution is 7.80. The summed E-state index contributed by atoms with van der Waals surface area (Å²) >= 11 is 5.26. The minimum absolute atomic E-state index is 0.0476. The standard InChI is InChI=1S/C10H21N3S/c1-5-10(4)11-9(14)13(12-10)7-6-8(2)3/h8,12H,5-7H2,1-4H3,(H,11,14)/t10-/m0/s1. The summed E-state index contributed by atoms with van der Waals surface area (Å²) in [6.45, 7) is 9.72. The number of hydrogen-bond donors (Lipinski definition) is 2. The van der Waals surface area contributed by atoms with Crippen molar-refractivity contribution in [2.24, 2.45) is 5.92 Å². The van der Waals surface area contributed by atoms with Crippen molar-refractivity contribution in [3.05, 3.63) is 0 Å². The number of nitrogens with zero attached hydrogens (tertiary/aromatic N) is 1. The third-order valence-electron chi connectivity index (χ3n) is 2.65. The Labute approximate surface area is 92.2 Å². The smallest absolute Gasteiger partial charge is 0.185 e. The minimum atomic E-state index is -0.0476. The van der Waals surface area contributed by atoms with Crippen LogP contribution in [0.1, 0.15) is 40.5 Å². The van der Waals surface area contributed by atoms with E-state index in [1.54, 1.807) is 0 Å². The summed E-state index contributed by atoms with van der Waals surface area (Å²) in [4.78, 5) is 0. The maximum atomic E-state index is 5.26. The maximum Gasteiger partial charge on any atom is 0.185 e. The van der Waals surface area contributed by atoms with Gasteiger partial charge in [-0.1, -0.05) is 20.8 Å². The van der Waals surface area contributed by atoms with Crippen molar-refractivity contribution in [3.63, 3.8) is 0 Å². The number of hydrazine groups is 1. The first-order valence-electron chi connectivity index (χ1n) is 5.34. The van der Waals surface area contributed by atoms with Gasteiger partial charge in [-0.05, 0) is 37.9 Å². The summed E-state index contributed by atoms with van der Waals surface area (Å²) in [5.74, 6) is 0.716. The molecule has 0 saturated carbocycles. The van der Waals surface area contributed by atoms with Crippen molar-refractivity contribution >= 4 is 17.3 Å². The van der Waals surface area contributed by atoms with Gasteiger partial charge in [0.2, 0.25) is 0 Å². The van der Waals surface area contributed by atoms with Gasteiger partial charge in [0.15, 0.2) is 5.11 Å². The zero-order valence-electron chi connectivity index (χ0n) is 9.55. The zero-order chi connectivity index (χ0) is 10.8. The molecule has 4 heteroatoms. The Bertz CT molecular complexity index is 217. The van der Waals surface area contributed by atoms with Gasteiger partial charge >= 0.3 is 0 Å². The molecular formula is C10H21N3S. The van der Waals surface area contributed by atoms with Crippen LogP contribution < -0.4 is 10.7 Å². The van der Waals surface area contributed by atoms with Gasteiger partial charge in [0.25, 0.3) is 0 Å². The van der Waals surface area contributed by atoms with Crippen LogP contribution in [0.15, 0.2) is 0 Å². The molecule has 0 aromatic rings. The van der Waals surface area contributed by atoms with Crippen LogP contribution in [0.25, 0.3) is 0 Å². The lowest BCUT2D eigenvalue weighted by Gasteiger charge is -2.24. The summed E-state index contributed by atoms with van der Waals surface area (Å²) < 4.78 is 0. The average molecular weight is 215 g/mol. The van der Waals surface area contributed by atoms with Crippen LogP contribution in [0.5, 0.6) is 0 Å². The largest absolute Gasteiger partial charge is 0.342 e. The molecule has 2 N–H and O–H groups in total. The van der Waals surface area contributed by atoms with E-state index in [0.717, 1.165) is 24.5 Å². The second-order valence-electron chi connectivity index (χ2n) is 4.56. The molecule has 1 saturated heterocycles. The molecule has 0 spiro atoms. The van der Waals surface area contributed by atoms with Gasteiger partial charge in [0, 0.05) is 6.54 Å². The molecular weight excluding hydrogens is 194 g/mol. The molecule has 1 rings (SSSR count). The van der Waals surface area contributed by atoms with E-state index in [1.807, 2.05) is 0 Å². The summed E-state index contributed by atoms with van der Waals surface area (Å²) in [6, 6.07) is 0. The average Bonchev–Trinajstić information content (AvgIpc) is 2.39. The van der Waals surface area contributed by atoms with Gasteiger partial charge in [-0.15, -0.1) is 0 Å². The van der Waals surface area contributed by atoms with E-state index in [9.17, 15) is 0 Å². The fourth-order valence-corrected chi connectivity index (χ4v) is 1.75. The van der Waals surface area contributed by atoms with Crippen LogP contribution in [0, 0.1) is 5.92 Å². The molecule has 1 aliphatic rings. The molecule has 0 amide bonds. The van der Waals surface area contributed by atoms with Crippen molar-refractivity contribution in [2.75, 3.05) is 6.54 Å². The van der Waals surface area contributed by atoms with E-state index in [4.69, 9.17) is 12.2 Å². The van der Waals surface area contributed by atoms with E-state index in [-0.39, 0.29) is 5.66 Å². The summed E-state index contributed by atoms with van der Waals surface area (Å²) in [5.41, 5.74) is 3.36. The SMILES string of the molecule is CC[C@@]1(C)NC(=S)N(CCC(C)C)N1. The van der Waals surface area contributed by atoms with Crippen molar-refractivity contribution in [1.29, 1.82) is 0 Å². The lowest BCUT2D eigenvalue weighted by molar-refractivity contribution is 0.220. The zero-order valence-corrected chi connectivity index (χ0v) is 10.4. The first kappa shape index (κ1) is 11.7. The third kappa shape index (κ3) is 2.82. The van der Waals surface area contributed by atoms with Crippen LogP contribution in [0.3, 0.4) is 0 Å². The highest BCUT2D eigenvalue weighted by Gasteiger charge is 2.33. The van der Waals surface area contributed by atoms with Gasteiger partial charge in [0.05, 0.1) is 0 Å². The van der Waals surface area contributed by atoms with Crippen LogP contribution in [-0.4, -0.2) is 22.3 Å². The third-order valence-corrected chi connectivity index (χ3v) is 2.97. The molecule has 1 aliphatic heterocycles. The first-order chi connectivity index (χ1) is 6.47.